The maximum atomic E-state index is 12.1. The number of hydrogen-bond donors (Lipinski definition) is 1. The molecular weight excluding hydrogens is 330 g/mol. The molecule has 1 amide bonds. The molecule has 1 saturated heterocycles. The fourth-order valence-corrected chi connectivity index (χ4v) is 4.06. The average molecular weight is 349 g/mol. The van der Waals surface area contributed by atoms with Gasteiger partial charge in [-0.15, -0.1) is 10.2 Å². The van der Waals surface area contributed by atoms with Gasteiger partial charge in [0.2, 0.25) is 5.91 Å². The van der Waals surface area contributed by atoms with Gasteiger partial charge >= 0.3 is 0 Å². The molecule has 0 aliphatic carbocycles. The van der Waals surface area contributed by atoms with Crippen LogP contribution in [0.25, 0.3) is 0 Å². The minimum Gasteiger partial charge on any atom is -0.357 e. The van der Waals surface area contributed by atoms with Crippen LogP contribution in [0.1, 0.15) is 25.3 Å². The number of rotatable bonds is 6. The average Bonchev–Trinajstić information content (AvgIpc) is 3.26. The highest BCUT2D eigenvalue weighted by Crippen LogP contribution is 2.24. The van der Waals surface area contributed by atoms with Gasteiger partial charge in [0.15, 0.2) is 4.34 Å². The molecule has 3 heterocycles. The molecule has 0 bridgehead atoms. The van der Waals surface area contributed by atoms with Gasteiger partial charge in [0.1, 0.15) is 11.3 Å². The molecule has 122 valence electrons. The number of pyridine rings is 1. The van der Waals surface area contributed by atoms with Crippen molar-refractivity contribution in [1.82, 2.24) is 20.5 Å². The highest BCUT2D eigenvalue weighted by molar-refractivity contribution is 8.02. The summed E-state index contributed by atoms with van der Waals surface area (Å²) in [6, 6.07) is 4.07. The number of carbonyl (C=O) groups is 1. The van der Waals surface area contributed by atoms with Gasteiger partial charge < -0.3 is 10.2 Å². The van der Waals surface area contributed by atoms with Crippen LogP contribution in [0.4, 0.5) is 5.82 Å². The van der Waals surface area contributed by atoms with Crippen LogP contribution in [0.5, 0.6) is 0 Å². The fourth-order valence-electron chi connectivity index (χ4n) is 2.41. The maximum Gasteiger partial charge on any atom is 0.233 e. The Morgan fingerprint density at radius 3 is 2.91 bits per heavy atom. The number of aromatic nitrogens is 3. The summed E-state index contributed by atoms with van der Waals surface area (Å²) in [7, 11) is 0. The molecule has 3 rings (SSSR count). The lowest BCUT2D eigenvalue weighted by atomic mass is 10.2. The van der Waals surface area contributed by atoms with E-state index in [4.69, 9.17) is 0 Å². The molecule has 23 heavy (non-hydrogen) atoms. The molecule has 0 saturated carbocycles. The zero-order chi connectivity index (χ0) is 16.1. The quantitative estimate of drug-likeness (QED) is 0.807. The molecule has 0 spiro atoms. The first-order chi connectivity index (χ1) is 11.2. The normalized spacial score (nSPS) is 15.6. The number of nitrogens with one attached hydrogen (secondary N) is 1. The van der Waals surface area contributed by atoms with Crippen LogP contribution in [0, 0.1) is 0 Å². The molecule has 1 N–H and O–H groups in total. The lowest BCUT2D eigenvalue weighted by Crippen LogP contribution is -2.30. The Morgan fingerprint density at radius 1 is 1.43 bits per heavy atom. The van der Waals surface area contributed by atoms with Crippen molar-refractivity contribution in [3.05, 3.63) is 29.4 Å². The van der Waals surface area contributed by atoms with E-state index in [-0.39, 0.29) is 11.2 Å². The zero-order valence-electron chi connectivity index (χ0n) is 12.9. The topological polar surface area (TPSA) is 71.0 Å². The molecule has 1 atom stereocenters. The predicted octanol–water partition coefficient (Wildman–Crippen LogP) is 2.33. The Morgan fingerprint density at radius 2 is 2.26 bits per heavy atom. The molecular formula is C15H19N5OS2. The summed E-state index contributed by atoms with van der Waals surface area (Å²) >= 11 is 2.87. The van der Waals surface area contributed by atoms with E-state index in [1.54, 1.807) is 5.51 Å². The van der Waals surface area contributed by atoms with E-state index in [0.29, 0.717) is 6.54 Å². The zero-order valence-corrected chi connectivity index (χ0v) is 14.6. The summed E-state index contributed by atoms with van der Waals surface area (Å²) in [5, 5.41) is 10.5. The van der Waals surface area contributed by atoms with Crippen molar-refractivity contribution in [2.24, 2.45) is 0 Å². The van der Waals surface area contributed by atoms with Gasteiger partial charge in [-0.2, -0.15) is 0 Å². The SMILES string of the molecule is CC(Sc1nncs1)C(=O)NCc1ccc(N2CCCC2)nc1. The smallest absolute Gasteiger partial charge is 0.233 e. The Labute approximate surface area is 143 Å². The summed E-state index contributed by atoms with van der Waals surface area (Å²) in [5.41, 5.74) is 2.68. The van der Waals surface area contributed by atoms with E-state index in [2.05, 4.69) is 25.4 Å². The molecule has 1 aliphatic heterocycles. The summed E-state index contributed by atoms with van der Waals surface area (Å²) in [6.45, 7) is 4.54. The summed E-state index contributed by atoms with van der Waals surface area (Å²) in [4.78, 5) is 18.9. The molecule has 6 nitrogen and oxygen atoms in total. The van der Waals surface area contributed by atoms with Crippen molar-refractivity contribution in [2.75, 3.05) is 18.0 Å². The van der Waals surface area contributed by atoms with E-state index < -0.39 is 0 Å². The lowest BCUT2D eigenvalue weighted by molar-refractivity contribution is -0.120. The van der Waals surface area contributed by atoms with Gasteiger partial charge in [0, 0.05) is 25.8 Å². The van der Waals surface area contributed by atoms with Crippen molar-refractivity contribution in [1.29, 1.82) is 0 Å². The van der Waals surface area contributed by atoms with Gasteiger partial charge in [-0.25, -0.2) is 4.98 Å². The molecule has 8 heteroatoms. The molecule has 1 fully saturated rings. The fraction of sp³-hybridized carbons (Fsp3) is 0.467. The second kappa shape index (κ2) is 7.74. The van der Waals surface area contributed by atoms with Gasteiger partial charge in [-0.3, -0.25) is 4.79 Å². The molecule has 1 unspecified atom stereocenters. The highest BCUT2D eigenvalue weighted by Gasteiger charge is 2.16. The molecule has 0 aromatic carbocycles. The maximum absolute atomic E-state index is 12.1. The number of thioether (sulfide) groups is 1. The highest BCUT2D eigenvalue weighted by atomic mass is 32.2. The summed E-state index contributed by atoms with van der Waals surface area (Å²) < 4.78 is 0.810. The van der Waals surface area contributed by atoms with Crippen LogP contribution in [0.15, 0.2) is 28.2 Å². The molecule has 1 aliphatic rings. The van der Waals surface area contributed by atoms with Crippen molar-refractivity contribution >= 4 is 34.8 Å². The standard InChI is InChI=1S/C15H19N5OS2/c1-11(23-15-19-18-10-22-15)14(21)17-9-12-4-5-13(16-8-12)20-6-2-3-7-20/h4-5,8,10-11H,2-3,6-7,9H2,1H3,(H,17,21). The van der Waals surface area contributed by atoms with Crippen molar-refractivity contribution in [3.63, 3.8) is 0 Å². The van der Waals surface area contributed by atoms with E-state index in [1.807, 2.05) is 25.3 Å². The van der Waals surface area contributed by atoms with Gasteiger partial charge in [-0.05, 0) is 31.4 Å². The van der Waals surface area contributed by atoms with Gasteiger partial charge in [0.25, 0.3) is 0 Å². The van der Waals surface area contributed by atoms with Crippen LogP contribution in [0.3, 0.4) is 0 Å². The number of nitrogens with zero attached hydrogens (tertiary/aromatic N) is 4. The van der Waals surface area contributed by atoms with E-state index in [9.17, 15) is 4.79 Å². The number of amides is 1. The monoisotopic (exact) mass is 349 g/mol. The van der Waals surface area contributed by atoms with E-state index in [0.717, 1.165) is 28.8 Å². The number of hydrogen-bond acceptors (Lipinski definition) is 7. The Bertz CT molecular complexity index is 626. The van der Waals surface area contributed by atoms with Crippen molar-refractivity contribution in [3.8, 4) is 0 Å². The molecule has 2 aromatic heterocycles. The Kier molecular flexibility index (Phi) is 5.45. The number of anilines is 1. The van der Waals surface area contributed by atoms with Crippen LogP contribution < -0.4 is 10.2 Å². The third kappa shape index (κ3) is 4.42. The number of carbonyl (C=O) groups excluding carboxylic acids is 1. The first-order valence-electron chi connectivity index (χ1n) is 7.63. The second-order valence-electron chi connectivity index (χ2n) is 5.40. The molecule has 2 aromatic rings. The summed E-state index contributed by atoms with van der Waals surface area (Å²) in [5.74, 6) is 1.02. The predicted molar refractivity (Wildman–Crippen MR) is 92.8 cm³/mol. The van der Waals surface area contributed by atoms with Crippen LogP contribution >= 0.6 is 23.1 Å². The second-order valence-corrected chi connectivity index (χ2v) is 7.82. The van der Waals surface area contributed by atoms with E-state index in [1.165, 1.54) is 35.9 Å². The van der Waals surface area contributed by atoms with Crippen molar-refractivity contribution < 1.29 is 4.79 Å². The third-order valence-corrected chi connectivity index (χ3v) is 5.60. The third-order valence-electron chi connectivity index (χ3n) is 3.69. The van der Waals surface area contributed by atoms with Crippen molar-refractivity contribution in [2.45, 2.75) is 35.9 Å². The Hall–Kier alpha value is -1.67. The lowest BCUT2D eigenvalue weighted by Gasteiger charge is -2.16. The van der Waals surface area contributed by atoms with Gasteiger partial charge in [0.05, 0.1) is 5.25 Å². The summed E-state index contributed by atoms with van der Waals surface area (Å²) in [6.07, 6.45) is 4.32. The molecule has 0 radical (unpaired) electrons. The minimum absolute atomic E-state index is 0.00572. The first-order valence-corrected chi connectivity index (χ1v) is 9.39. The van der Waals surface area contributed by atoms with Crippen LogP contribution in [0.2, 0.25) is 0 Å². The first kappa shape index (κ1) is 16.2. The van der Waals surface area contributed by atoms with Gasteiger partial charge in [-0.1, -0.05) is 29.2 Å². The van der Waals surface area contributed by atoms with Crippen LogP contribution in [-0.2, 0) is 11.3 Å². The van der Waals surface area contributed by atoms with Crippen LogP contribution in [-0.4, -0.2) is 39.4 Å². The largest absolute Gasteiger partial charge is 0.357 e. The Balaban J connectivity index is 1.48. The minimum atomic E-state index is -0.195. The van der Waals surface area contributed by atoms with E-state index >= 15 is 0 Å².